The van der Waals surface area contributed by atoms with Crippen LogP contribution in [-0.4, -0.2) is 36.3 Å². The molecule has 0 unspecified atom stereocenters. The van der Waals surface area contributed by atoms with Crippen molar-refractivity contribution in [3.8, 4) is 22.8 Å². The smallest absolute Gasteiger partial charge is 0.325 e. The number of hydrogen-bond donors (Lipinski definition) is 1. The molecule has 0 aliphatic heterocycles. The molecule has 0 saturated heterocycles. The minimum atomic E-state index is -0.529. The van der Waals surface area contributed by atoms with Crippen molar-refractivity contribution in [2.24, 2.45) is 0 Å². The number of hydrogen-bond acceptors (Lipinski definition) is 7. The summed E-state index contributed by atoms with van der Waals surface area (Å²) in [5.41, 5.74) is 3.49. The lowest BCUT2D eigenvalue weighted by atomic mass is 10.0. The summed E-state index contributed by atoms with van der Waals surface area (Å²) in [5, 5.41) is 4.30. The minimum absolute atomic E-state index is 0.0444. The van der Waals surface area contributed by atoms with E-state index in [2.05, 4.69) is 15.0 Å². The number of esters is 1. The molecule has 0 atom stereocenters. The molecule has 4 aromatic rings. The Morgan fingerprint density at radius 1 is 0.974 bits per heavy atom. The molecule has 1 N–H and O–H groups in total. The number of thiophene rings is 1. The van der Waals surface area contributed by atoms with Crippen LogP contribution in [0.5, 0.6) is 11.5 Å². The first-order chi connectivity index (χ1) is 18.3. The highest BCUT2D eigenvalue weighted by atomic mass is 32.1. The Bertz CT molecular complexity index is 1470. The second-order valence-corrected chi connectivity index (χ2v) is 9.48. The molecule has 0 fully saturated rings. The predicted molar refractivity (Wildman–Crippen MR) is 142 cm³/mol. The number of ether oxygens (including phenoxy) is 2. The van der Waals surface area contributed by atoms with E-state index in [9.17, 15) is 18.8 Å². The van der Waals surface area contributed by atoms with Crippen molar-refractivity contribution in [1.82, 2.24) is 10.3 Å². The first-order valence-electron chi connectivity index (χ1n) is 11.7. The van der Waals surface area contributed by atoms with E-state index in [1.54, 1.807) is 66.2 Å². The Morgan fingerprint density at radius 3 is 2.53 bits per heavy atom. The van der Waals surface area contributed by atoms with Gasteiger partial charge in [-0.2, -0.15) is 0 Å². The maximum Gasteiger partial charge on any atom is 0.325 e. The van der Waals surface area contributed by atoms with Gasteiger partial charge in [-0.05, 0) is 48.4 Å². The molecule has 0 saturated carbocycles. The molecule has 0 spiro atoms. The zero-order valence-corrected chi connectivity index (χ0v) is 21.6. The summed E-state index contributed by atoms with van der Waals surface area (Å²) in [4.78, 5) is 40.7. The highest BCUT2D eigenvalue weighted by Crippen LogP contribution is 2.29. The van der Waals surface area contributed by atoms with Crippen LogP contribution in [0.15, 0.2) is 72.2 Å². The number of rotatable bonds is 10. The summed E-state index contributed by atoms with van der Waals surface area (Å²) in [6, 6.07) is 17.1. The van der Waals surface area contributed by atoms with Crippen LogP contribution < -0.4 is 10.1 Å². The van der Waals surface area contributed by atoms with Gasteiger partial charge in [0.15, 0.2) is 0 Å². The van der Waals surface area contributed by atoms with Gasteiger partial charge in [-0.3, -0.25) is 19.4 Å². The largest absolute Gasteiger partial charge is 0.468 e. The van der Waals surface area contributed by atoms with E-state index in [1.807, 2.05) is 6.92 Å². The van der Waals surface area contributed by atoms with Crippen molar-refractivity contribution in [2.75, 3.05) is 13.7 Å². The van der Waals surface area contributed by atoms with E-state index in [4.69, 9.17) is 4.74 Å². The molecule has 194 valence electrons. The molecule has 2 heterocycles. The summed E-state index contributed by atoms with van der Waals surface area (Å²) in [6.07, 6.45) is 1.85. The van der Waals surface area contributed by atoms with Crippen LogP contribution in [0.1, 0.15) is 26.4 Å². The van der Waals surface area contributed by atoms with Crippen LogP contribution >= 0.6 is 11.3 Å². The summed E-state index contributed by atoms with van der Waals surface area (Å²) < 4.78 is 24.4. The Morgan fingerprint density at radius 2 is 1.76 bits per heavy atom. The minimum Gasteiger partial charge on any atom is -0.468 e. The summed E-state index contributed by atoms with van der Waals surface area (Å²) in [6.45, 7) is 1.66. The van der Waals surface area contributed by atoms with Gasteiger partial charge >= 0.3 is 5.97 Å². The molecule has 7 nitrogen and oxygen atoms in total. The first-order valence-corrected chi connectivity index (χ1v) is 12.6. The standard InChI is InChI=1S/C29H25FN2O5S/c1-18-3-8-25(30)20(11-18)13-22(33)12-19-4-6-23(7-5-19)37-24-9-10-31-26(15-24)21-14-27(38-17-21)29(35)32-16-28(34)36-2/h3-11,14-15,17H,12-13,16H2,1-2H3,(H,32,35). The summed E-state index contributed by atoms with van der Waals surface area (Å²) >= 11 is 1.24. The number of aryl methyl sites for hydroxylation is 1. The number of carbonyl (C=O) groups is 3. The molecule has 9 heteroatoms. The number of aromatic nitrogens is 1. The number of carbonyl (C=O) groups excluding carboxylic acids is 3. The molecule has 0 radical (unpaired) electrons. The number of nitrogens with zero attached hydrogens (tertiary/aromatic N) is 1. The average Bonchev–Trinajstić information content (AvgIpc) is 3.41. The van der Waals surface area contributed by atoms with Gasteiger partial charge in [0.2, 0.25) is 0 Å². The van der Waals surface area contributed by atoms with Crippen molar-refractivity contribution in [3.05, 3.63) is 99.6 Å². The topological polar surface area (TPSA) is 94.6 Å². The third-order valence-corrected chi connectivity index (χ3v) is 6.55. The van der Waals surface area contributed by atoms with Crippen LogP contribution in [-0.2, 0) is 27.2 Å². The number of nitrogens with one attached hydrogen (secondary N) is 1. The van der Waals surface area contributed by atoms with E-state index in [0.29, 0.717) is 27.6 Å². The van der Waals surface area contributed by atoms with Gasteiger partial charge < -0.3 is 14.8 Å². The Kier molecular flexibility index (Phi) is 8.60. The average molecular weight is 533 g/mol. The van der Waals surface area contributed by atoms with Crippen LogP contribution in [0, 0.1) is 12.7 Å². The molecular weight excluding hydrogens is 507 g/mol. The fraction of sp³-hybridized carbons (Fsp3) is 0.172. The molecule has 1 amide bonds. The number of halogens is 1. The van der Waals surface area contributed by atoms with Gasteiger partial charge in [-0.25, -0.2) is 4.39 Å². The summed E-state index contributed by atoms with van der Waals surface area (Å²) in [7, 11) is 1.25. The monoisotopic (exact) mass is 532 g/mol. The number of ketones is 1. The first kappa shape index (κ1) is 26.7. The van der Waals surface area contributed by atoms with Gasteiger partial charge in [0.25, 0.3) is 5.91 Å². The second-order valence-electron chi connectivity index (χ2n) is 8.57. The van der Waals surface area contributed by atoms with E-state index in [-0.39, 0.29) is 36.9 Å². The third kappa shape index (κ3) is 7.10. The van der Waals surface area contributed by atoms with E-state index in [1.165, 1.54) is 24.5 Å². The molecule has 0 aliphatic rings. The number of amides is 1. The maximum atomic E-state index is 14.0. The van der Waals surface area contributed by atoms with Gasteiger partial charge in [0.1, 0.15) is 29.6 Å². The highest BCUT2D eigenvalue weighted by molar-refractivity contribution is 7.12. The van der Waals surface area contributed by atoms with E-state index < -0.39 is 5.97 Å². The lowest BCUT2D eigenvalue weighted by Gasteiger charge is -2.08. The molecule has 0 aliphatic carbocycles. The van der Waals surface area contributed by atoms with Crippen molar-refractivity contribution in [1.29, 1.82) is 0 Å². The zero-order chi connectivity index (χ0) is 27.1. The molecule has 0 bridgehead atoms. The molecule has 38 heavy (non-hydrogen) atoms. The van der Waals surface area contributed by atoms with Gasteiger partial charge in [0.05, 0.1) is 17.7 Å². The molecular formula is C29H25FN2O5S. The van der Waals surface area contributed by atoms with Crippen LogP contribution in [0.2, 0.25) is 0 Å². The zero-order valence-electron chi connectivity index (χ0n) is 20.8. The normalized spacial score (nSPS) is 10.6. The summed E-state index contributed by atoms with van der Waals surface area (Å²) in [5.74, 6) is -0.213. The van der Waals surface area contributed by atoms with Gasteiger partial charge in [-0.15, -0.1) is 11.3 Å². The van der Waals surface area contributed by atoms with Gasteiger partial charge in [-0.1, -0.05) is 29.8 Å². The van der Waals surface area contributed by atoms with E-state index >= 15 is 0 Å². The number of methoxy groups -OCH3 is 1. The molecule has 4 rings (SSSR count). The third-order valence-electron chi connectivity index (χ3n) is 5.62. The van der Waals surface area contributed by atoms with Crippen LogP contribution in [0.25, 0.3) is 11.3 Å². The Hall–Kier alpha value is -4.37. The van der Waals surface area contributed by atoms with Crippen molar-refractivity contribution < 1.29 is 28.2 Å². The van der Waals surface area contributed by atoms with Gasteiger partial charge in [0, 0.05) is 36.0 Å². The van der Waals surface area contributed by atoms with Crippen molar-refractivity contribution in [2.45, 2.75) is 19.8 Å². The Labute approximate surface area is 223 Å². The maximum absolute atomic E-state index is 14.0. The van der Waals surface area contributed by atoms with E-state index in [0.717, 1.165) is 16.7 Å². The Balaban J connectivity index is 1.36. The number of pyridine rings is 1. The lowest BCUT2D eigenvalue weighted by Crippen LogP contribution is -2.29. The highest BCUT2D eigenvalue weighted by Gasteiger charge is 2.13. The van der Waals surface area contributed by atoms with Crippen molar-refractivity contribution in [3.63, 3.8) is 0 Å². The second kappa shape index (κ2) is 12.2. The molecule has 2 aromatic carbocycles. The van der Waals surface area contributed by atoms with Crippen LogP contribution in [0.3, 0.4) is 0 Å². The van der Waals surface area contributed by atoms with Crippen molar-refractivity contribution >= 4 is 29.0 Å². The molecule has 2 aromatic heterocycles. The lowest BCUT2D eigenvalue weighted by molar-refractivity contribution is -0.139. The quantitative estimate of drug-likeness (QED) is 0.278. The fourth-order valence-electron chi connectivity index (χ4n) is 3.69. The predicted octanol–water partition coefficient (Wildman–Crippen LogP) is 5.31. The SMILES string of the molecule is COC(=O)CNC(=O)c1cc(-c2cc(Oc3ccc(CC(=O)Cc4cc(C)ccc4F)cc3)ccn2)cs1. The number of benzene rings is 2. The number of Topliss-reactive ketones (excluding diaryl/α,β-unsaturated/α-hetero) is 1. The van der Waals surface area contributed by atoms with Crippen LogP contribution in [0.4, 0.5) is 4.39 Å². The fourth-order valence-corrected chi connectivity index (χ4v) is 4.50.